The highest BCUT2D eigenvalue weighted by Gasteiger charge is 2.16. The fourth-order valence-electron chi connectivity index (χ4n) is 1.95. The number of aromatic nitrogens is 5. The van der Waals surface area contributed by atoms with Crippen LogP contribution >= 0.6 is 11.8 Å². The molecule has 3 amide bonds. The number of nitrogens with one attached hydrogen (secondary N) is 2. The third-order valence-corrected chi connectivity index (χ3v) is 3.97. The molecular formula is C13H20N8O3S. The number of ether oxygens (including phenoxy) is 1. The van der Waals surface area contributed by atoms with Gasteiger partial charge in [0.1, 0.15) is 0 Å². The molecule has 0 fully saturated rings. The van der Waals surface area contributed by atoms with E-state index in [2.05, 4.69) is 25.9 Å². The molecular weight excluding hydrogens is 348 g/mol. The molecule has 2 aromatic heterocycles. The summed E-state index contributed by atoms with van der Waals surface area (Å²) in [4.78, 5) is 23.2. The van der Waals surface area contributed by atoms with E-state index in [1.807, 2.05) is 19.9 Å². The third-order valence-electron chi connectivity index (χ3n) is 3.02. The van der Waals surface area contributed by atoms with E-state index in [0.717, 1.165) is 23.1 Å². The van der Waals surface area contributed by atoms with Gasteiger partial charge in [0.05, 0.1) is 18.1 Å². The maximum absolute atomic E-state index is 11.8. The van der Waals surface area contributed by atoms with Crippen molar-refractivity contribution < 1.29 is 14.3 Å². The molecule has 0 aliphatic carbocycles. The van der Waals surface area contributed by atoms with Gasteiger partial charge in [-0.05, 0) is 19.9 Å². The van der Waals surface area contributed by atoms with Crippen molar-refractivity contribution in [3.8, 4) is 5.95 Å². The number of thioether (sulfide) groups is 1. The number of hydrogen-bond acceptors (Lipinski definition) is 8. The molecule has 4 N–H and O–H groups in total. The van der Waals surface area contributed by atoms with Gasteiger partial charge in [-0.2, -0.15) is 5.10 Å². The predicted octanol–water partition coefficient (Wildman–Crippen LogP) is -0.641. The zero-order chi connectivity index (χ0) is 18.4. The third kappa shape index (κ3) is 4.93. The van der Waals surface area contributed by atoms with Gasteiger partial charge in [0.2, 0.25) is 11.1 Å². The van der Waals surface area contributed by atoms with E-state index in [0.29, 0.717) is 24.3 Å². The predicted molar refractivity (Wildman–Crippen MR) is 90.9 cm³/mol. The molecule has 0 unspecified atom stereocenters. The number of nitrogens with zero attached hydrogens (tertiary/aromatic N) is 5. The smallest absolute Gasteiger partial charge is 0.321 e. The standard InChI is InChI=1S/C13H20N8O3S/c1-8-6-9(2)21(19-8)12-17-18-13(20(12)14)25-7-10(22)16-11(23)15-4-5-24-3/h6H,4-5,7,14H2,1-3H3,(H2,15,16,22,23). The van der Waals surface area contributed by atoms with Crippen LogP contribution in [-0.2, 0) is 9.53 Å². The number of amides is 3. The fraction of sp³-hybridized carbons (Fsp3) is 0.462. The van der Waals surface area contributed by atoms with E-state index < -0.39 is 11.9 Å². The summed E-state index contributed by atoms with van der Waals surface area (Å²) in [5.41, 5.74) is 1.69. The molecule has 12 heteroatoms. The van der Waals surface area contributed by atoms with Crippen LogP contribution in [0.5, 0.6) is 0 Å². The molecule has 0 spiro atoms. The monoisotopic (exact) mass is 368 g/mol. The van der Waals surface area contributed by atoms with Crippen LogP contribution in [0.1, 0.15) is 11.4 Å². The number of aryl methyl sites for hydroxylation is 2. The van der Waals surface area contributed by atoms with Gasteiger partial charge >= 0.3 is 6.03 Å². The van der Waals surface area contributed by atoms with Crippen LogP contribution < -0.4 is 16.5 Å². The van der Waals surface area contributed by atoms with Gasteiger partial charge in [0, 0.05) is 19.3 Å². The van der Waals surface area contributed by atoms with Crippen molar-refractivity contribution >= 4 is 23.7 Å². The highest BCUT2D eigenvalue weighted by atomic mass is 32.2. The minimum atomic E-state index is -0.583. The molecule has 0 atom stereocenters. The molecule has 0 aliphatic heterocycles. The topological polar surface area (TPSA) is 142 Å². The molecule has 0 aliphatic rings. The molecule has 2 rings (SSSR count). The molecule has 0 aromatic carbocycles. The van der Waals surface area contributed by atoms with Crippen LogP contribution in [0.2, 0.25) is 0 Å². The van der Waals surface area contributed by atoms with Gasteiger partial charge < -0.3 is 15.9 Å². The molecule has 0 bridgehead atoms. The Morgan fingerprint density at radius 2 is 2.12 bits per heavy atom. The average Bonchev–Trinajstić information content (AvgIpc) is 3.07. The van der Waals surface area contributed by atoms with Gasteiger partial charge in [0.15, 0.2) is 0 Å². The second-order valence-electron chi connectivity index (χ2n) is 5.08. The Hall–Kier alpha value is -2.60. The molecule has 2 heterocycles. The first kappa shape index (κ1) is 18.7. The van der Waals surface area contributed by atoms with Crippen molar-refractivity contribution in [1.29, 1.82) is 0 Å². The Labute approximate surface area is 148 Å². The van der Waals surface area contributed by atoms with Crippen LogP contribution in [0.25, 0.3) is 5.95 Å². The van der Waals surface area contributed by atoms with Crippen molar-refractivity contribution in [2.45, 2.75) is 19.0 Å². The molecule has 0 saturated carbocycles. The van der Waals surface area contributed by atoms with E-state index in [-0.39, 0.29) is 5.75 Å². The number of hydrogen-bond donors (Lipinski definition) is 3. The lowest BCUT2D eigenvalue weighted by molar-refractivity contribution is -0.117. The number of carbonyl (C=O) groups excluding carboxylic acids is 2. The lowest BCUT2D eigenvalue weighted by atomic mass is 10.4. The first-order chi connectivity index (χ1) is 11.9. The maximum Gasteiger partial charge on any atom is 0.321 e. The number of carbonyl (C=O) groups is 2. The van der Waals surface area contributed by atoms with Gasteiger partial charge in [-0.1, -0.05) is 11.8 Å². The van der Waals surface area contributed by atoms with Crippen molar-refractivity contribution in [2.75, 3.05) is 31.9 Å². The second kappa shape index (κ2) is 8.48. The van der Waals surface area contributed by atoms with Crippen molar-refractivity contribution in [3.05, 3.63) is 17.5 Å². The quantitative estimate of drug-likeness (QED) is 0.333. The van der Waals surface area contributed by atoms with E-state index in [4.69, 9.17) is 10.6 Å². The van der Waals surface area contributed by atoms with E-state index in [9.17, 15) is 9.59 Å². The van der Waals surface area contributed by atoms with Crippen LogP contribution in [0, 0.1) is 13.8 Å². The summed E-state index contributed by atoms with van der Waals surface area (Å²) in [6.07, 6.45) is 0. The Morgan fingerprint density at radius 1 is 1.36 bits per heavy atom. The minimum absolute atomic E-state index is 0.0376. The van der Waals surface area contributed by atoms with Gasteiger partial charge in [0.25, 0.3) is 5.95 Å². The number of nitrogens with two attached hydrogens (primary N) is 1. The summed E-state index contributed by atoms with van der Waals surface area (Å²) < 4.78 is 7.61. The summed E-state index contributed by atoms with van der Waals surface area (Å²) in [5.74, 6) is 5.79. The van der Waals surface area contributed by atoms with Crippen LogP contribution in [0.15, 0.2) is 11.2 Å². The number of imide groups is 1. The Morgan fingerprint density at radius 3 is 2.76 bits per heavy atom. The number of nitrogen functional groups attached to an aromatic ring is 1. The SMILES string of the molecule is COCCNC(=O)NC(=O)CSc1nnc(-n2nc(C)cc2C)n1N. The van der Waals surface area contributed by atoms with Gasteiger partial charge in [-0.25, -0.2) is 14.2 Å². The maximum atomic E-state index is 11.8. The van der Waals surface area contributed by atoms with Crippen molar-refractivity contribution in [1.82, 2.24) is 35.3 Å². The van der Waals surface area contributed by atoms with Gasteiger partial charge in [-0.3, -0.25) is 10.1 Å². The minimum Gasteiger partial charge on any atom is -0.383 e. The van der Waals surface area contributed by atoms with E-state index in [1.54, 1.807) is 4.68 Å². The molecule has 25 heavy (non-hydrogen) atoms. The highest BCUT2D eigenvalue weighted by molar-refractivity contribution is 7.99. The number of urea groups is 1. The van der Waals surface area contributed by atoms with E-state index in [1.165, 1.54) is 11.8 Å². The highest BCUT2D eigenvalue weighted by Crippen LogP contribution is 2.17. The Balaban J connectivity index is 1.90. The summed E-state index contributed by atoms with van der Waals surface area (Å²) in [6, 6.07) is 1.30. The number of methoxy groups -OCH3 is 1. The van der Waals surface area contributed by atoms with Crippen molar-refractivity contribution in [2.24, 2.45) is 0 Å². The normalized spacial score (nSPS) is 10.7. The summed E-state index contributed by atoms with van der Waals surface area (Å²) in [7, 11) is 1.52. The Kier molecular flexibility index (Phi) is 6.36. The molecule has 0 saturated heterocycles. The number of rotatable bonds is 7. The lowest BCUT2D eigenvalue weighted by Crippen LogP contribution is -2.41. The van der Waals surface area contributed by atoms with Crippen LogP contribution in [-0.4, -0.2) is 62.6 Å². The zero-order valence-corrected chi connectivity index (χ0v) is 15.0. The lowest BCUT2D eigenvalue weighted by Gasteiger charge is -2.06. The first-order valence-corrected chi connectivity index (χ1v) is 8.34. The summed E-state index contributed by atoms with van der Waals surface area (Å²) in [5, 5.41) is 17.2. The van der Waals surface area contributed by atoms with Crippen molar-refractivity contribution in [3.63, 3.8) is 0 Å². The molecule has 2 aromatic rings. The van der Waals surface area contributed by atoms with Crippen LogP contribution in [0.4, 0.5) is 4.79 Å². The Bertz CT molecular complexity index is 757. The van der Waals surface area contributed by atoms with Crippen LogP contribution in [0.3, 0.4) is 0 Å². The molecule has 0 radical (unpaired) electrons. The summed E-state index contributed by atoms with van der Waals surface area (Å²) >= 11 is 1.06. The molecule has 136 valence electrons. The summed E-state index contributed by atoms with van der Waals surface area (Å²) in [6.45, 7) is 4.41. The first-order valence-electron chi connectivity index (χ1n) is 7.36. The average molecular weight is 368 g/mol. The van der Waals surface area contributed by atoms with E-state index >= 15 is 0 Å². The zero-order valence-electron chi connectivity index (χ0n) is 14.1. The fourth-order valence-corrected chi connectivity index (χ4v) is 2.60. The molecule has 11 nitrogen and oxygen atoms in total. The van der Waals surface area contributed by atoms with Gasteiger partial charge in [-0.15, -0.1) is 10.2 Å². The largest absolute Gasteiger partial charge is 0.383 e. The second-order valence-corrected chi connectivity index (χ2v) is 6.02.